The summed E-state index contributed by atoms with van der Waals surface area (Å²) in [5.74, 6) is -1.23. The Morgan fingerprint density at radius 2 is 1.90 bits per heavy atom. The van der Waals surface area contributed by atoms with E-state index >= 15 is 0 Å². The molecule has 2 aromatic rings. The van der Waals surface area contributed by atoms with Gasteiger partial charge < -0.3 is 10.1 Å². The quantitative estimate of drug-likeness (QED) is 0.868. The van der Waals surface area contributed by atoms with Crippen molar-refractivity contribution in [2.45, 2.75) is 19.9 Å². The molecule has 0 radical (unpaired) electrons. The van der Waals surface area contributed by atoms with E-state index in [1.54, 1.807) is 0 Å². The standard InChI is InChI=1S/C17H19F2NO/c1-3-20-16(14-7-5-4-6-12(14)2)11-21-17-9-8-13(18)10-15(17)19/h4-10,16,20H,3,11H2,1-2H3. The molecule has 21 heavy (non-hydrogen) atoms. The Labute approximate surface area is 123 Å². The molecule has 2 rings (SSSR count). The summed E-state index contributed by atoms with van der Waals surface area (Å²) < 4.78 is 32.0. The van der Waals surface area contributed by atoms with Gasteiger partial charge in [0.15, 0.2) is 11.6 Å². The van der Waals surface area contributed by atoms with Crippen LogP contribution in [0.25, 0.3) is 0 Å². The van der Waals surface area contributed by atoms with Crippen LogP contribution < -0.4 is 10.1 Å². The highest BCUT2D eigenvalue weighted by Crippen LogP contribution is 2.22. The maximum atomic E-state index is 13.6. The van der Waals surface area contributed by atoms with Gasteiger partial charge in [0.05, 0.1) is 6.04 Å². The molecule has 0 spiro atoms. The molecular weight excluding hydrogens is 272 g/mol. The van der Waals surface area contributed by atoms with Crippen LogP contribution in [0.15, 0.2) is 42.5 Å². The van der Waals surface area contributed by atoms with Crippen molar-refractivity contribution < 1.29 is 13.5 Å². The Hall–Kier alpha value is -1.94. The predicted molar refractivity (Wildman–Crippen MR) is 79.4 cm³/mol. The summed E-state index contributed by atoms with van der Waals surface area (Å²) in [6.07, 6.45) is 0. The van der Waals surface area contributed by atoms with Gasteiger partial charge in [-0.25, -0.2) is 8.78 Å². The number of hydrogen-bond acceptors (Lipinski definition) is 2. The van der Waals surface area contributed by atoms with E-state index in [2.05, 4.69) is 5.32 Å². The molecule has 0 heterocycles. The number of hydrogen-bond donors (Lipinski definition) is 1. The van der Waals surface area contributed by atoms with Crippen molar-refractivity contribution in [2.24, 2.45) is 0 Å². The van der Waals surface area contributed by atoms with Crippen molar-refractivity contribution in [3.63, 3.8) is 0 Å². The van der Waals surface area contributed by atoms with E-state index in [4.69, 9.17) is 4.74 Å². The van der Waals surface area contributed by atoms with Gasteiger partial charge in [0, 0.05) is 6.07 Å². The van der Waals surface area contributed by atoms with Gasteiger partial charge in [0.2, 0.25) is 0 Å². The first-order valence-corrected chi connectivity index (χ1v) is 6.98. The lowest BCUT2D eigenvalue weighted by Crippen LogP contribution is -2.27. The number of aryl methyl sites for hydroxylation is 1. The molecule has 0 aromatic heterocycles. The smallest absolute Gasteiger partial charge is 0.167 e. The van der Waals surface area contributed by atoms with Crippen LogP contribution in [0.3, 0.4) is 0 Å². The van der Waals surface area contributed by atoms with Gasteiger partial charge in [-0.2, -0.15) is 0 Å². The average Bonchev–Trinajstić information content (AvgIpc) is 2.46. The fourth-order valence-corrected chi connectivity index (χ4v) is 2.25. The lowest BCUT2D eigenvalue weighted by atomic mass is 10.0. The first kappa shape index (κ1) is 15.4. The molecule has 0 aliphatic rings. The maximum Gasteiger partial charge on any atom is 0.167 e. The van der Waals surface area contributed by atoms with Crippen LogP contribution in [0.5, 0.6) is 5.75 Å². The summed E-state index contributed by atoms with van der Waals surface area (Å²) in [5, 5.41) is 3.32. The number of ether oxygens (including phenoxy) is 1. The topological polar surface area (TPSA) is 21.3 Å². The maximum absolute atomic E-state index is 13.6. The summed E-state index contributed by atoms with van der Waals surface area (Å²) in [7, 11) is 0. The molecule has 0 bridgehead atoms. The fourth-order valence-electron chi connectivity index (χ4n) is 2.25. The van der Waals surface area contributed by atoms with Crippen molar-refractivity contribution in [3.05, 3.63) is 65.2 Å². The van der Waals surface area contributed by atoms with Crippen LogP contribution in [0.4, 0.5) is 8.78 Å². The molecule has 4 heteroatoms. The van der Waals surface area contributed by atoms with Crippen LogP contribution in [0.2, 0.25) is 0 Å². The Morgan fingerprint density at radius 3 is 2.57 bits per heavy atom. The Bertz CT molecular complexity index is 601. The minimum absolute atomic E-state index is 0.0411. The number of benzene rings is 2. The lowest BCUT2D eigenvalue weighted by Gasteiger charge is -2.21. The summed E-state index contributed by atoms with van der Waals surface area (Å²) in [6.45, 7) is 5.08. The molecule has 0 saturated heterocycles. The molecule has 2 aromatic carbocycles. The molecule has 0 aliphatic carbocycles. The number of halogens is 2. The van der Waals surface area contributed by atoms with Gasteiger partial charge in [0.1, 0.15) is 12.4 Å². The van der Waals surface area contributed by atoms with Crippen LogP contribution in [-0.4, -0.2) is 13.2 Å². The van der Waals surface area contributed by atoms with Crippen molar-refractivity contribution >= 4 is 0 Å². The molecule has 0 saturated carbocycles. The van der Waals surface area contributed by atoms with Gasteiger partial charge in [-0.15, -0.1) is 0 Å². The lowest BCUT2D eigenvalue weighted by molar-refractivity contribution is 0.256. The summed E-state index contributed by atoms with van der Waals surface area (Å²) in [4.78, 5) is 0. The third-order valence-electron chi connectivity index (χ3n) is 3.31. The average molecular weight is 291 g/mol. The zero-order valence-corrected chi connectivity index (χ0v) is 12.2. The Kier molecular flexibility index (Phi) is 5.28. The number of likely N-dealkylation sites (N-methyl/N-ethyl adjacent to an activating group) is 1. The first-order valence-electron chi connectivity index (χ1n) is 6.98. The zero-order chi connectivity index (χ0) is 15.2. The fraction of sp³-hybridized carbons (Fsp3) is 0.294. The van der Waals surface area contributed by atoms with Gasteiger partial charge >= 0.3 is 0 Å². The van der Waals surface area contributed by atoms with Crippen LogP contribution in [-0.2, 0) is 0 Å². The van der Waals surface area contributed by atoms with Crippen molar-refractivity contribution in [1.82, 2.24) is 5.32 Å². The normalized spacial score (nSPS) is 12.2. The molecule has 1 unspecified atom stereocenters. The van der Waals surface area contributed by atoms with E-state index in [0.717, 1.165) is 23.7 Å². The van der Waals surface area contributed by atoms with Crippen LogP contribution >= 0.6 is 0 Å². The van der Waals surface area contributed by atoms with Crippen LogP contribution in [0, 0.1) is 18.6 Å². The minimum atomic E-state index is -0.685. The van der Waals surface area contributed by atoms with Gasteiger partial charge in [-0.1, -0.05) is 31.2 Å². The molecule has 1 atom stereocenters. The predicted octanol–water partition coefficient (Wildman–Crippen LogP) is 4.00. The van der Waals surface area contributed by atoms with E-state index in [-0.39, 0.29) is 18.4 Å². The molecular formula is C17H19F2NO. The van der Waals surface area contributed by atoms with Gasteiger partial charge in [0.25, 0.3) is 0 Å². The summed E-state index contributed by atoms with van der Waals surface area (Å²) in [6, 6.07) is 11.3. The highest BCUT2D eigenvalue weighted by molar-refractivity contribution is 5.30. The molecule has 1 N–H and O–H groups in total. The minimum Gasteiger partial charge on any atom is -0.489 e. The first-order chi connectivity index (χ1) is 10.1. The summed E-state index contributed by atoms with van der Waals surface area (Å²) >= 11 is 0. The second-order valence-electron chi connectivity index (χ2n) is 4.85. The SMILES string of the molecule is CCNC(COc1ccc(F)cc1F)c1ccccc1C. The second-order valence-corrected chi connectivity index (χ2v) is 4.85. The van der Waals surface area contributed by atoms with Gasteiger partial charge in [-0.05, 0) is 36.7 Å². The molecule has 0 aliphatic heterocycles. The van der Waals surface area contributed by atoms with E-state index in [0.29, 0.717) is 0 Å². The van der Waals surface area contributed by atoms with E-state index < -0.39 is 11.6 Å². The number of rotatable bonds is 6. The summed E-state index contributed by atoms with van der Waals surface area (Å²) in [5.41, 5.74) is 2.26. The van der Waals surface area contributed by atoms with Crippen molar-refractivity contribution in [3.8, 4) is 5.75 Å². The van der Waals surface area contributed by atoms with Gasteiger partial charge in [-0.3, -0.25) is 0 Å². The third kappa shape index (κ3) is 4.02. The Morgan fingerprint density at radius 1 is 1.14 bits per heavy atom. The largest absolute Gasteiger partial charge is 0.489 e. The highest BCUT2D eigenvalue weighted by Gasteiger charge is 2.14. The second kappa shape index (κ2) is 7.18. The molecule has 0 fully saturated rings. The van der Waals surface area contributed by atoms with Crippen molar-refractivity contribution in [2.75, 3.05) is 13.2 Å². The van der Waals surface area contributed by atoms with Crippen LogP contribution in [0.1, 0.15) is 24.1 Å². The van der Waals surface area contributed by atoms with Crippen molar-refractivity contribution in [1.29, 1.82) is 0 Å². The van der Waals surface area contributed by atoms with E-state index in [9.17, 15) is 8.78 Å². The molecule has 2 nitrogen and oxygen atoms in total. The zero-order valence-electron chi connectivity index (χ0n) is 12.2. The Balaban J connectivity index is 2.12. The molecule has 112 valence electrons. The monoisotopic (exact) mass is 291 g/mol. The van der Waals surface area contributed by atoms with E-state index in [1.807, 2.05) is 38.1 Å². The third-order valence-corrected chi connectivity index (χ3v) is 3.31. The van der Waals surface area contributed by atoms with E-state index in [1.165, 1.54) is 12.1 Å². The number of nitrogens with one attached hydrogen (secondary N) is 1. The molecule has 0 amide bonds. The highest BCUT2D eigenvalue weighted by atomic mass is 19.1.